The molecule has 1 aromatic heterocycles. The Bertz CT molecular complexity index is 470. The van der Waals surface area contributed by atoms with E-state index in [4.69, 9.17) is 4.74 Å². The summed E-state index contributed by atoms with van der Waals surface area (Å²) in [6.45, 7) is 1.63. The van der Waals surface area contributed by atoms with E-state index in [0.717, 1.165) is 5.56 Å². The molecule has 0 saturated carbocycles. The average Bonchev–Trinajstić information content (AvgIpc) is 2.39. The summed E-state index contributed by atoms with van der Waals surface area (Å²) in [4.78, 5) is 4.05. The number of aliphatic hydroxyl groups is 1. The Morgan fingerprint density at radius 2 is 2.16 bits per heavy atom. The maximum Gasteiger partial charge on any atom is 0.212 e. The van der Waals surface area contributed by atoms with Crippen LogP contribution in [0.3, 0.4) is 0 Å². The summed E-state index contributed by atoms with van der Waals surface area (Å²) in [5.74, 6) is 0.833. The zero-order chi connectivity index (χ0) is 14.3. The molecule has 0 radical (unpaired) electrons. The first-order valence-electron chi connectivity index (χ1n) is 6.34. The van der Waals surface area contributed by atoms with E-state index >= 15 is 0 Å². The van der Waals surface area contributed by atoms with E-state index in [-0.39, 0.29) is 11.5 Å². The van der Waals surface area contributed by atoms with Gasteiger partial charge in [0, 0.05) is 18.0 Å². The highest BCUT2D eigenvalue weighted by Gasteiger charge is 2.10. The van der Waals surface area contributed by atoms with Crippen LogP contribution in [0.15, 0.2) is 18.3 Å². The summed E-state index contributed by atoms with van der Waals surface area (Å²) < 4.78 is 27.6. The molecule has 1 aromatic rings. The fraction of sp³-hybridized carbons (Fsp3) is 0.615. The summed E-state index contributed by atoms with van der Waals surface area (Å²) >= 11 is 0. The highest BCUT2D eigenvalue weighted by molar-refractivity contribution is 7.91. The van der Waals surface area contributed by atoms with Crippen molar-refractivity contribution in [3.05, 3.63) is 23.9 Å². The molecule has 108 valence electrons. The molecular formula is C13H21NO4S. The van der Waals surface area contributed by atoms with Gasteiger partial charge in [-0.05, 0) is 24.8 Å². The van der Waals surface area contributed by atoms with Gasteiger partial charge in [0.15, 0.2) is 0 Å². The van der Waals surface area contributed by atoms with Crippen LogP contribution in [0, 0.1) is 0 Å². The molecule has 0 saturated heterocycles. The van der Waals surface area contributed by atoms with Crippen LogP contribution in [0.4, 0.5) is 0 Å². The molecular weight excluding hydrogens is 266 g/mol. The Balaban J connectivity index is 2.36. The molecule has 1 atom stereocenters. The molecule has 0 bridgehead atoms. The van der Waals surface area contributed by atoms with Gasteiger partial charge in [0.25, 0.3) is 0 Å². The third kappa shape index (κ3) is 6.02. The molecule has 0 aliphatic rings. The van der Waals surface area contributed by atoms with Crippen molar-refractivity contribution in [2.45, 2.75) is 32.3 Å². The van der Waals surface area contributed by atoms with Gasteiger partial charge in [0.05, 0.1) is 19.0 Å². The minimum absolute atomic E-state index is 0.140. The van der Waals surface area contributed by atoms with Gasteiger partial charge in [0.1, 0.15) is 9.84 Å². The Morgan fingerprint density at radius 3 is 2.68 bits per heavy atom. The van der Waals surface area contributed by atoms with Crippen molar-refractivity contribution in [1.29, 1.82) is 0 Å². The van der Waals surface area contributed by atoms with Crippen molar-refractivity contribution in [2.75, 3.05) is 18.6 Å². The molecule has 0 spiro atoms. The predicted octanol–water partition coefficient (Wildman–Crippen LogP) is 1.21. The summed E-state index contributed by atoms with van der Waals surface area (Å²) in [6, 6.07) is 3.58. The highest BCUT2D eigenvalue weighted by Crippen LogP contribution is 2.11. The third-order valence-corrected chi connectivity index (χ3v) is 4.70. The van der Waals surface area contributed by atoms with E-state index in [1.807, 2.05) is 6.07 Å². The lowest BCUT2D eigenvalue weighted by Crippen LogP contribution is -2.14. The molecule has 0 aliphatic heterocycles. The zero-order valence-corrected chi connectivity index (χ0v) is 12.2. The molecule has 1 rings (SSSR count). The van der Waals surface area contributed by atoms with Crippen LogP contribution >= 0.6 is 0 Å². The van der Waals surface area contributed by atoms with Crippen molar-refractivity contribution in [3.8, 4) is 5.88 Å². The van der Waals surface area contributed by atoms with Crippen molar-refractivity contribution >= 4 is 9.84 Å². The van der Waals surface area contributed by atoms with Crippen LogP contribution in [-0.2, 0) is 16.3 Å². The monoisotopic (exact) mass is 287 g/mol. The smallest absolute Gasteiger partial charge is 0.212 e. The number of aromatic nitrogens is 1. The Hall–Kier alpha value is -1.14. The normalized spacial score (nSPS) is 13.2. The quantitative estimate of drug-likeness (QED) is 0.777. The summed E-state index contributed by atoms with van der Waals surface area (Å²) in [5.41, 5.74) is 0.909. The number of ether oxygens (including phenoxy) is 1. The Labute approximate surface area is 114 Å². The molecule has 19 heavy (non-hydrogen) atoms. The first kappa shape index (κ1) is 15.9. The lowest BCUT2D eigenvalue weighted by molar-refractivity contribution is 0.164. The summed E-state index contributed by atoms with van der Waals surface area (Å²) in [5, 5.41) is 9.84. The molecule has 1 heterocycles. The molecule has 5 nitrogen and oxygen atoms in total. The van der Waals surface area contributed by atoms with Crippen LogP contribution in [0.25, 0.3) is 0 Å². The minimum atomic E-state index is -2.94. The Kier molecular flexibility index (Phi) is 6.24. The van der Waals surface area contributed by atoms with Gasteiger partial charge in [0.2, 0.25) is 5.88 Å². The van der Waals surface area contributed by atoms with Crippen LogP contribution in [0.5, 0.6) is 5.88 Å². The standard InChI is InChI=1S/C13H21NO4S/c1-3-19(16,17)8-4-5-12(15)9-11-6-7-13(18-2)14-10-11/h6-7,10,12,15H,3-5,8-9H2,1-2H3. The number of hydrogen-bond acceptors (Lipinski definition) is 5. The molecule has 0 fully saturated rings. The van der Waals surface area contributed by atoms with Gasteiger partial charge in [-0.15, -0.1) is 0 Å². The maximum absolute atomic E-state index is 11.3. The summed E-state index contributed by atoms with van der Waals surface area (Å²) in [7, 11) is -1.39. The fourth-order valence-corrected chi connectivity index (χ4v) is 2.60. The molecule has 6 heteroatoms. The van der Waals surface area contributed by atoms with E-state index in [1.165, 1.54) is 0 Å². The zero-order valence-electron chi connectivity index (χ0n) is 11.4. The fourth-order valence-electron chi connectivity index (χ4n) is 1.71. The van der Waals surface area contributed by atoms with Crippen molar-refractivity contribution in [2.24, 2.45) is 0 Å². The van der Waals surface area contributed by atoms with E-state index in [2.05, 4.69) is 4.98 Å². The number of nitrogens with zero attached hydrogens (tertiary/aromatic N) is 1. The van der Waals surface area contributed by atoms with E-state index in [1.54, 1.807) is 26.3 Å². The topological polar surface area (TPSA) is 76.5 Å². The SMILES string of the molecule is CCS(=O)(=O)CCCC(O)Cc1ccc(OC)nc1. The Morgan fingerprint density at radius 1 is 1.42 bits per heavy atom. The second-order valence-corrected chi connectivity index (χ2v) is 6.92. The number of sulfone groups is 1. The highest BCUT2D eigenvalue weighted by atomic mass is 32.2. The van der Waals surface area contributed by atoms with Crippen LogP contribution in [0.1, 0.15) is 25.3 Å². The van der Waals surface area contributed by atoms with Crippen molar-refractivity contribution < 1.29 is 18.3 Å². The molecule has 0 amide bonds. The van der Waals surface area contributed by atoms with Gasteiger partial charge in [-0.3, -0.25) is 0 Å². The number of hydrogen-bond donors (Lipinski definition) is 1. The van der Waals surface area contributed by atoms with E-state index in [0.29, 0.717) is 25.1 Å². The third-order valence-electron chi connectivity index (χ3n) is 2.91. The van der Waals surface area contributed by atoms with Gasteiger partial charge < -0.3 is 9.84 Å². The molecule has 0 aliphatic carbocycles. The van der Waals surface area contributed by atoms with Gasteiger partial charge in [-0.2, -0.15) is 0 Å². The number of rotatable bonds is 8. The van der Waals surface area contributed by atoms with Crippen LogP contribution in [-0.4, -0.2) is 43.2 Å². The van der Waals surface area contributed by atoms with E-state index in [9.17, 15) is 13.5 Å². The van der Waals surface area contributed by atoms with E-state index < -0.39 is 15.9 Å². The van der Waals surface area contributed by atoms with Gasteiger partial charge in [-0.1, -0.05) is 13.0 Å². The summed E-state index contributed by atoms with van der Waals surface area (Å²) in [6.07, 6.45) is 2.56. The minimum Gasteiger partial charge on any atom is -0.481 e. The lowest BCUT2D eigenvalue weighted by Gasteiger charge is -2.10. The maximum atomic E-state index is 11.3. The first-order chi connectivity index (χ1) is 8.96. The number of methoxy groups -OCH3 is 1. The van der Waals surface area contributed by atoms with Crippen molar-refractivity contribution in [1.82, 2.24) is 4.98 Å². The number of pyridine rings is 1. The second kappa shape index (κ2) is 7.45. The second-order valence-electron chi connectivity index (χ2n) is 4.45. The van der Waals surface area contributed by atoms with Crippen LogP contribution < -0.4 is 4.74 Å². The number of aliphatic hydroxyl groups excluding tert-OH is 1. The molecule has 0 aromatic carbocycles. The van der Waals surface area contributed by atoms with Gasteiger partial charge in [-0.25, -0.2) is 13.4 Å². The van der Waals surface area contributed by atoms with Crippen LogP contribution in [0.2, 0.25) is 0 Å². The van der Waals surface area contributed by atoms with Gasteiger partial charge >= 0.3 is 0 Å². The largest absolute Gasteiger partial charge is 0.481 e. The molecule has 1 N–H and O–H groups in total. The predicted molar refractivity (Wildman–Crippen MR) is 74.1 cm³/mol. The average molecular weight is 287 g/mol. The first-order valence-corrected chi connectivity index (χ1v) is 8.16. The molecule has 1 unspecified atom stereocenters. The van der Waals surface area contributed by atoms with Crippen molar-refractivity contribution in [3.63, 3.8) is 0 Å². The lowest BCUT2D eigenvalue weighted by atomic mass is 10.1.